The summed E-state index contributed by atoms with van der Waals surface area (Å²) in [6.45, 7) is 1.74. The van der Waals surface area contributed by atoms with E-state index < -0.39 is 23.8 Å². The van der Waals surface area contributed by atoms with E-state index in [1.54, 1.807) is 49.5 Å². The van der Waals surface area contributed by atoms with Crippen LogP contribution in [0.3, 0.4) is 0 Å². The summed E-state index contributed by atoms with van der Waals surface area (Å²) in [5, 5.41) is 18.4. The highest BCUT2D eigenvalue weighted by Crippen LogP contribution is 2.25. The lowest BCUT2D eigenvalue weighted by Gasteiger charge is -2.24. The second-order valence-electron chi connectivity index (χ2n) is 6.63. The summed E-state index contributed by atoms with van der Waals surface area (Å²) in [5.41, 5.74) is 1.98. The maximum Gasteiger partial charge on any atom is 0.308 e. The van der Waals surface area contributed by atoms with Gasteiger partial charge < -0.3 is 21.6 Å². The summed E-state index contributed by atoms with van der Waals surface area (Å²) in [6, 6.07) is 9.56. The molecule has 30 heavy (non-hydrogen) atoms. The van der Waals surface area contributed by atoms with Gasteiger partial charge in [0.05, 0.1) is 18.2 Å². The molecule has 0 aliphatic rings. The van der Waals surface area contributed by atoms with Crippen molar-refractivity contribution in [1.29, 1.82) is 0 Å². The van der Waals surface area contributed by atoms with Crippen molar-refractivity contribution in [2.24, 2.45) is 16.9 Å². The summed E-state index contributed by atoms with van der Waals surface area (Å²) >= 11 is 0. The van der Waals surface area contributed by atoms with E-state index in [9.17, 15) is 19.5 Å². The molecule has 2 unspecified atom stereocenters. The largest absolute Gasteiger partial charge is 0.481 e. The Kier molecular flexibility index (Phi) is 8.49. The summed E-state index contributed by atoms with van der Waals surface area (Å²) < 4.78 is 0. The number of hydrogen-bond donors (Lipinski definition) is 4. The minimum absolute atomic E-state index is 0.0402. The van der Waals surface area contributed by atoms with Gasteiger partial charge in [-0.05, 0) is 35.7 Å². The normalized spacial score (nSPS) is 12.8. The van der Waals surface area contributed by atoms with Gasteiger partial charge in [0, 0.05) is 30.9 Å². The number of hydrazone groups is 1. The Hall–Kier alpha value is -3.75. The zero-order valence-electron chi connectivity index (χ0n) is 16.6. The van der Waals surface area contributed by atoms with E-state index >= 15 is 0 Å². The van der Waals surface area contributed by atoms with Crippen molar-refractivity contribution in [3.8, 4) is 0 Å². The van der Waals surface area contributed by atoms with E-state index in [4.69, 9.17) is 5.84 Å². The number of nitrogens with zero attached hydrogens (tertiary/aromatic N) is 2. The molecular formula is C21H25N5O4. The van der Waals surface area contributed by atoms with Crippen LogP contribution in [0.2, 0.25) is 0 Å². The minimum atomic E-state index is -1.01. The molecule has 0 saturated heterocycles. The Balaban J connectivity index is 1.94. The number of hydrogen-bond acceptors (Lipinski definition) is 6. The maximum absolute atomic E-state index is 12.4. The van der Waals surface area contributed by atoms with Gasteiger partial charge in [-0.15, -0.1) is 0 Å². The molecule has 9 nitrogen and oxygen atoms in total. The number of rotatable bonds is 10. The van der Waals surface area contributed by atoms with Gasteiger partial charge in [0.15, 0.2) is 0 Å². The van der Waals surface area contributed by atoms with Crippen LogP contribution < -0.4 is 16.5 Å². The van der Waals surface area contributed by atoms with Crippen LogP contribution in [0.4, 0.5) is 5.69 Å². The number of pyridine rings is 1. The molecule has 0 fully saturated rings. The van der Waals surface area contributed by atoms with Crippen molar-refractivity contribution in [2.75, 3.05) is 5.32 Å². The van der Waals surface area contributed by atoms with Gasteiger partial charge in [-0.3, -0.25) is 19.4 Å². The number of carbonyl (C=O) groups excluding carboxylic acids is 2. The second kappa shape index (κ2) is 11.3. The molecule has 0 spiro atoms. The number of carboxylic acid groups (broad SMARTS) is 1. The first-order valence-corrected chi connectivity index (χ1v) is 9.49. The number of amides is 2. The van der Waals surface area contributed by atoms with Gasteiger partial charge in [-0.2, -0.15) is 5.10 Å². The van der Waals surface area contributed by atoms with E-state index in [-0.39, 0.29) is 18.7 Å². The first-order chi connectivity index (χ1) is 14.4. The van der Waals surface area contributed by atoms with E-state index in [2.05, 4.69) is 20.7 Å². The number of carbonyl (C=O) groups is 3. The van der Waals surface area contributed by atoms with E-state index in [1.165, 1.54) is 12.4 Å². The molecule has 9 heteroatoms. The highest BCUT2D eigenvalue weighted by Gasteiger charge is 2.29. The summed E-state index contributed by atoms with van der Waals surface area (Å²) in [7, 11) is 0. The quantitative estimate of drug-likeness (QED) is 0.267. The fraction of sp³-hybridized carbons (Fsp3) is 0.286. The SMILES string of the molecule is CCC(C(=O)O)C(NC(=O)CCC(=O)Nc1ccc(C=NN)cc1)c1cccnc1. The molecule has 2 rings (SSSR count). The third kappa shape index (κ3) is 6.69. The van der Waals surface area contributed by atoms with Gasteiger partial charge in [0.1, 0.15) is 0 Å². The number of nitrogens with one attached hydrogen (secondary N) is 2. The lowest BCUT2D eigenvalue weighted by atomic mass is 9.91. The third-order valence-corrected chi connectivity index (χ3v) is 4.52. The van der Waals surface area contributed by atoms with Gasteiger partial charge in [-0.25, -0.2) is 0 Å². The van der Waals surface area contributed by atoms with Crippen LogP contribution in [0.15, 0.2) is 53.9 Å². The smallest absolute Gasteiger partial charge is 0.308 e. The van der Waals surface area contributed by atoms with E-state index in [0.29, 0.717) is 17.7 Å². The molecule has 1 heterocycles. The van der Waals surface area contributed by atoms with Crippen molar-refractivity contribution < 1.29 is 19.5 Å². The maximum atomic E-state index is 12.4. The zero-order chi connectivity index (χ0) is 21.9. The van der Waals surface area contributed by atoms with Crippen molar-refractivity contribution in [3.63, 3.8) is 0 Å². The van der Waals surface area contributed by atoms with Crippen molar-refractivity contribution in [3.05, 3.63) is 59.9 Å². The zero-order valence-corrected chi connectivity index (χ0v) is 16.6. The minimum Gasteiger partial charge on any atom is -0.481 e. The number of aromatic nitrogens is 1. The Bertz CT molecular complexity index is 884. The van der Waals surface area contributed by atoms with Crippen LogP contribution in [0.1, 0.15) is 43.4 Å². The Morgan fingerprint density at radius 3 is 2.43 bits per heavy atom. The number of carboxylic acids is 1. The molecule has 0 aliphatic heterocycles. The summed E-state index contributed by atoms with van der Waals surface area (Å²) in [4.78, 5) is 40.2. The summed E-state index contributed by atoms with van der Waals surface area (Å²) in [6.07, 6.45) is 4.81. The van der Waals surface area contributed by atoms with Gasteiger partial charge in [0.2, 0.25) is 11.8 Å². The molecule has 0 aliphatic carbocycles. The molecule has 1 aromatic heterocycles. The van der Waals surface area contributed by atoms with E-state index in [0.717, 1.165) is 5.56 Å². The first kappa shape index (κ1) is 22.5. The van der Waals surface area contributed by atoms with Gasteiger partial charge in [-0.1, -0.05) is 25.1 Å². The Morgan fingerprint density at radius 1 is 1.17 bits per heavy atom. The number of anilines is 1. The number of benzene rings is 1. The molecule has 1 aromatic carbocycles. The third-order valence-electron chi connectivity index (χ3n) is 4.52. The van der Waals surface area contributed by atoms with Crippen LogP contribution in [-0.4, -0.2) is 34.1 Å². The van der Waals surface area contributed by atoms with E-state index in [1.807, 2.05) is 0 Å². The molecule has 2 atom stereocenters. The topological polar surface area (TPSA) is 147 Å². The predicted molar refractivity (Wildman–Crippen MR) is 113 cm³/mol. The lowest BCUT2D eigenvalue weighted by molar-refractivity contribution is -0.143. The lowest BCUT2D eigenvalue weighted by Crippen LogP contribution is -2.37. The molecule has 2 amide bonds. The Labute approximate surface area is 174 Å². The fourth-order valence-corrected chi connectivity index (χ4v) is 2.96. The number of aliphatic carboxylic acids is 1. The molecule has 0 saturated carbocycles. The highest BCUT2D eigenvalue weighted by molar-refractivity contribution is 5.93. The average molecular weight is 411 g/mol. The van der Waals surface area contributed by atoms with Crippen LogP contribution in [-0.2, 0) is 14.4 Å². The number of nitrogens with two attached hydrogens (primary N) is 1. The molecule has 5 N–H and O–H groups in total. The monoisotopic (exact) mass is 411 g/mol. The van der Waals surface area contributed by atoms with Gasteiger partial charge >= 0.3 is 5.97 Å². The molecule has 0 bridgehead atoms. The molecule has 0 radical (unpaired) electrons. The van der Waals surface area contributed by atoms with Crippen molar-refractivity contribution >= 4 is 29.7 Å². The van der Waals surface area contributed by atoms with Gasteiger partial charge in [0.25, 0.3) is 0 Å². The molecule has 158 valence electrons. The average Bonchev–Trinajstić information content (AvgIpc) is 2.74. The molecule has 2 aromatic rings. The molecular weight excluding hydrogens is 386 g/mol. The van der Waals surface area contributed by atoms with Crippen molar-refractivity contribution in [1.82, 2.24) is 10.3 Å². The van der Waals surface area contributed by atoms with Crippen LogP contribution >= 0.6 is 0 Å². The standard InChI is InChI=1S/C21H25N5O4/c1-2-17(21(29)30)20(15-4-3-11-23-13-15)26-19(28)10-9-18(27)25-16-7-5-14(6-8-16)12-24-22/h3-8,11-13,17,20H,2,9-10,22H2,1H3,(H,25,27)(H,26,28)(H,29,30). The Morgan fingerprint density at radius 2 is 1.87 bits per heavy atom. The van der Waals surface area contributed by atoms with Crippen LogP contribution in [0.5, 0.6) is 0 Å². The van der Waals surface area contributed by atoms with Crippen LogP contribution in [0, 0.1) is 5.92 Å². The first-order valence-electron chi connectivity index (χ1n) is 9.49. The summed E-state index contributed by atoms with van der Waals surface area (Å²) in [5.74, 6) is 2.54. The van der Waals surface area contributed by atoms with Crippen LogP contribution in [0.25, 0.3) is 0 Å². The second-order valence-corrected chi connectivity index (χ2v) is 6.63. The van der Waals surface area contributed by atoms with Crippen molar-refractivity contribution in [2.45, 2.75) is 32.2 Å². The highest BCUT2D eigenvalue weighted by atomic mass is 16.4. The fourth-order valence-electron chi connectivity index (χ4n) is 2.96. The predicted octanol–water partition coefficient (Wildman–Crippen LogP) is 2.06.